The summed E-state index contributed by atoms with van der Waals surface area (Å²) in [6.07, 6.45) is 0. The lowest BCUT2D eigenvalue weighted by atomic mass is 10.2. The Bertz CT molecular complexity index is 1300. The molecule has 8 heteroatoms. The van der Waals surface area contributed by atoms with Gasteiger partial charge in [0.15, 0.2) is 5.82 Å². The SMILES string of the molecule is Cc1nc(Oc2ccc(NC(=O)c3cccc(F)c3)cc2)cc(-n2nc(C)c(C)c2C)n1. The van der Waals surface area contributed by atoms with Crippen LogP contribution in [-0.4, -0.2) is 25.7 Å². The summed E-state index contributed by atoms with van der Waals surface area (Å²) < 4.78 is 21.0. The third kappa shape index (κ3) is 4.49. The largest absolute Gasteiger partial charge is 0.439 e. The molecular formula is C24H22FN5O2. The summed E-state index contributed by atoms with van der Waals surface area (Å²) >= 11 is 0. The molecule has 1 N–H and O–H groups in total. The maximum absolute atomic E-state index is 13.3. The van der Waals surface area contributed by atoms with Gasteiger partial charge >= 0.3 is 0 Å². The topological polar surface area (TPSA) is 81.9 Å². The van der Waals surface area contributed by atoms with Gasteiger partial charge in [0.1, 0.15) is 17.4 Å². The number of amides is 1. The standard InChI is InChI=1S/C24H22FN5O2/c1-14-15(2)29-30(16(14)3)22-13-23(27-17(4)26-22)32-21-10-8-20(9-11-21)28-24(31)18-6-5-7-19(25)12-18/h5-13H,1-4H3,(H,28,31). The third-order valence-electron chi connectivity index (χ3n) is 5.09. The number of carbonyl (C=O) groups is 1. The second kappa shape index (κ2) is 8.58. The van der Waals surface area contributed by atoms with Gasteiger partial charge in [0.05, 0.1) is 5.69 Å². The van der Waals surface area contributed by atoms with Crippen LogP contribution in [0.25, 0.3) is 5.82 Å². The molecule has 162 valence electrons. The van der Waals surface area contributed by atoms with Crippen LogP contribution in [-0.2, 0) is 0 Å². The molecule has 0 saturated heterocycles. The van der Waals surface area contributed by atoms with Crippen molar-refractivity contribution in [2.45, 2.75) is 27.7 Å². The zero-order valence-corrected chi connectivity index (χ0v) is 18.2. The predicted octanol–water partition coefficient (Wildman–Crippen LogP) is 5.08. The molecule has 32 heavy (non-hydrogen) atoms. The van der Waals surface area contributed by atoms with Crippen molar-refractivity contribution in [3.05, 3.63) is 88.8 Å². The minimum absolute atomic E-state index is 0.244. The summed E-state index contributed by atoms with van der Waals surface area (Å²) in [4.78, 5) is 21.1. The molecule has 0 fully saturated rings. The molecule has 0 spiro atoms. The normalized spacial score (nSPS) is 10.8. The molecule has 4 rings (SSSR count). The number of halogens is 1. The number of ether oxygens (including phenoxy) is 1. The first-order valence-electron chi connectivity index (χ1n) is 10.0. The van der Waals surface area contributed by atoms with Gasteiger partial charge in [0.25, 0.3) is 5.91 Å². The van der Waals surface area contributed by atoms with E-state index in [1.807, 2.05) is 20.8 Å². The van der Waals surface area contributed by atoms with E-state index in [1.165, 1.54) is 18.2 Å². The number of hydrogen-bond acceptors (Lipinski definition) is 5. The van der Waals surface area contributed by atoms with Crippen LogP contribution >= 0.6 is 0 Å². The molecule has 2 heterocycles. The zero-order chi connectivity index (χ0) is 22.8. The van der Waals surface area contributed by atoms with E-state index in [2.05, 4.69) is 20.4 Å². The highest BCUT2D eigenvalue weighted by Gasteiger charge is 2.13. The van der Waals surface area contributed by atoms with Crippen LogP contribution in [0.2, 0.25) is 0 Å². The summed E-state index contributed by atoms with van der Waals surface area (Å²) in [5.74, 6) is 1.25. The monoisotopic (exact) mass is 431 g/mol. The molecule has 0 aliphatic heterocycles. The number of benzene rings is 2. The van der Waals surface area contributed by atoms with Crippen molar-refractivity contribution < 1.29 is 13.9 Å². The molecule has 2 aromatic heterocycles. The first-order chi connectivity index (χ1) is 15.3. The van der Waals surface area contributed by atoms with Gasteiger partial charge in [-0.25, -0.2) is 14.1 Å². The third-order valence-corrected chi connectivity index (χ3v) is 5.09. The quantitative estimate of drug-likeness (QED) is 0.477. The number of nitrogens with one attached hydrogen (secondary N) is 1. The van der Waals surface area contributed by atoms with E-state index in [1.54, 1.807) is 48.0 Å². The van der Waals surface area contributed by atoms with Crippen molar-refractivity contribution in [2.24, 2.45) is 0 Å². The van der Waals surface area contributed by atoms with Gasteiger partial charge in [-0.3, -0.25) is 4.79 Å². The van der Waals surface area contributed by atoms with E-state index in [9.17, 15) is 9.18 Å². The fraction of sp³-hybridized carbons (Fsp3) is 0.167. The van der Waals surface area contributed by atoms with E-state index in [0.717, 1.165) is 17.0 Å². The fourth-order valence-corrected chi connectivity index (χ4v) is 3.19. The van der Waals surface area contributed by atoms with Gasteiger partial charge in [-0.05, 0) is 75.7 Å². The van der Waals surface area contributed by atoms with E-state index >= 15 is 0 Å². The molecule has 0 aliphatic carbocycles. The average molecular weight is 431 g/mol. The van der Waals surface area contributed by atoms with E-state index in [4.69, 9.17) is 4.74 Å². The summed E-state index contributed by atoms with van der Waals surface area (Å²) in [6, 6.07) is 14.1. The van der Waals surface area contributed by atoms with Crippen LogP contribution in [0.1, 0.15) is 33.1 Å². The molecule has 0 unspecified atom stereocenters. The molecule has 7 nitrogen and oxygen atoms in total. The van der Waals surface area contributed by atoms with Crippen molar-refractivity contribution >= 4 is 11.6 Å². The molecule has 0 radical (unpaired) electrons. The molecular weight excluding hydrogens is 409 g/mol. The Kier molecular flexibility index (Phi) is 5.68. The highest BCUT2D eigenvalue weighted by Crippen LogP contribution is 2.24. The molecule has 0 aliphatic rings. The summed E-state index contributed by atoms with van der Waals surface area (Å²) in [7, 11) is 0. The van der Waals surface area contributed by atoms with E-state index in [0.29, 0.717) is 29.0 Å². The summed E-state index contributed by atoms with van der Waals surface area (Å²) in [5.41, 5.74) is 3.86. The van der Waals surface area contributed by atoms with Crippen molar-refractivity contribution in [2.75, 3.05) is 5.32 Å². The Hall–Kier alpha value is -4.07. The Labute approximate surface area is 184 Å². The van der Waals surface area contributed by atoms with Gasteiger partial charge in [0.2, 0.25) is 5.88 Å². The van der Waals surface area contributed by atoms with Crippen LogP contribution in [0, 0.1) is 33.5 Å². The maximum Gasteiger partial charge on any atom is 0.255 e. The van der Waals surface area contributed by atoms with Crippen LogP contribution in [0.5, 0.6) is 11.6 Å². The fourth-order valence-electron chi connectivity index (χ4n) is 3.19. The van der Waals surface area contributed by atoms with Crippen molar-refractivity contribution in [3.8, 4) is 17.4 Å². The number of rotatable bonds is 5. The highest BCUT2D eigenvalue weighted by atomic mass is 19.1. The second-order valence-corrected chi connectivity index (χ2v) is 7.41. The van der Waals surface area contributed by atoms with Crippen LogP contribution in [0.3, 0.4) is 0 Å². The average Bonchev–Trinajstić information content (AvgIpc) is 3.02. The Morgan fingerprint density at radius 1 is 1.00 bits per heavy atom. The zero-order valence-electron chi connectivity index (χ0n) is 18.2. The smallest absolute Gasteiger partial charge is 0.255 e. The summed E-state index contributed by atoms with van der Waals surface area (Å²) in [5, 5.41) is 7.28. The Morgan fingerprint density at radius 3 is 2.41 bits per heavy atom. The van der Waals surface area contributed by atoms with Gasteiger partial charge in [0, 0.05) is 23.0 Å². The van der Waals surface area contributed by atoms with Gasteiger partial charge < -0.3 is 10.1 Å². The van der Waals surface area contributed by atoms with E-state index in [-0.39, 0.29) is 5.56 Å². The van der Waals surface area contributed by atoms with Crippen LogP contribution < -0.4 is 10.1 Å². The van der Waals surface area contributed by atoms with Crippen LogP contribution in [0.4, 0.5) is 10.1 Å². The molecule has 0 bridgehead atoms. The maximum atomic E-state index is 13.3. The van der Waals surface area contributed by atoms with Gasteiger partial charge in [-0.1, -0.05) is 6.07 Å². The number of anilines is 1. The molecule has 0 saturated carbocycles. The number of aryl methyl sites for hydroxylation is 2. The number of nitrogens with zero attached hydrogens (tertiary/aromatic N) is 4. The minimum atomic E-state index is -0.462. The minimum Gasteiger partial charge on any atom is -0.439 e. The van der Waals surface area contributed by atoms with E-state index < -0.39 is 11.7 Å². The number of hydrogen-bond donors (Lipinski definition) is 1. The molecule has 4 aromatic rings. The van der Waals surface area contributed by atoms with Gasteiger partial charge in [-0.15, -0.1) is 0 Å². The number of carbonyl (C=O) groups excluding carboxylic acids is 1. The first kappa shape index (κ1) is 21.2. The Morgan fingerprint density at radius 2 is 1.75 bits per heavy atom. The van der Waals surface area contributed by atoms with Crippen molar-refractivity contribution in [3.63, 3.8) is 0 Å². The molecule has 0 atom stereocenters. The summed E-state index contributed by atoms with van der Waals surface area (Å²) in [6.45, 7) is 7.76. The predicted molar refractivity (Wildman–Crippen MR) is 119 cm³/mol. The van der Waals surface area contributed by atoms with Crippen molar-refractivity contribution in [1.29, 1.82) is 0 Å². The Balaban J connectivity index is 1.50. The van der Waals surface area contributed by atoms with Gasteiger partial charge in [-0.2, -0.15) is 10.1 Å². The highest BCUT2D eigenvalue weighted by molar-refractivity contribution is 6.04. The molecule has 1 amide bonds. The lowest BCUT2D eigenvalue weighted by molar-refractivity contribution is 0.102. The lowest BCUT2D eigenvalue weighted by Gasteiger charge is -2.10. The molecule has 2 aromatic carbocycles. The lowest BCUT2D eigenvalue weighted by Crippen LogP contribution is -2.11. The first-order valence-corrected chi connectivity index (χ1v) is 10.0. The van der Waals surface area contributed by atoms with Crippen molar-refractivity contribution in [1.82, 2.24) is 19.7 Å². The second-order valence-electron chi connectivity index (χ2n) is 7.41. The number of aromatic nitrogens is 4. The van der Waals surface area contributed by atoms with Crippen LogP contribution in [0.15, 0.2) is 54.6 Å².